The molecule has 0 saturated carbocycles. The van der Waals surface area contributed by atoms with Gasteiger partial charge >= 0.3 is 0 Å². The van der Waals surface area contributed by atoms with Gasteiger partial charge in [0.15, 0.2) is 5.78 Å². The number of thiophene rings is 2. The van der Waals surface area contributed by atoms with E-state index < -0.39 is 0 Å². The van der Waals surface area contributed by atoms with Crippen molar-refractivity contribution < 1.29 is 9.59 Å². The minimum Gasteiger partial charge on any atom is -0.344 e. The zero-order chi connectivity index (χ0) is 12.3. The maximum atomic E-state index is 11.7. The number of Topliss-reactive ketones (excluding diaryl/α,β-unsaturated/α-hetero) is 1. The largest absolute Gasteiger partial charge is 0.344 e. The molecule has 1 amide bonds. The predicted molar refractivity (Wildman–Crippen MR) is 73.0 cm³/mol. The van der Waals surface area contributed by atoms with E-state index >= 15 is 0 Å². The average molecular weight is 330 g/mol. The molecule has 0 aliphatic carbocycles. The second kappa shape index (κ2) is 5.57. The SMILES string of the molecule is O=C(CNC(=O)c1sccc1Br)c1cccs1. The molecule has 0 aromatic carbocycles. The normalized spacial score (nSPS) is 10.2. The third-order valence-electron chi connectivity index (χ3n) is 2.03. The Hall–Kier alpha value is -0.980. The summed E-state index contributed by atoms with van der Waals surface area (Å²) >= 11 is 5.99. The van der Waals surface area contributed by atoms with Crippen LogP contribution in [-0.2, 0) is 0 Å². The summed E-state index contributed by atoms with van der Waals surface area (Å²) in [5.41, 5.74) is 0. The van der Waals surface area contributed by atoms with E-state index in [0.717, 1.165) is 4.47 Å². The lowest BCUT2D eigenvalue weighted by molar-refractivity contribution is 0.0908. The second-order valence-electron chi connectivity index (χ2n) is 3.18. The molecule has 0 fully saturated rings. The first-order chi connectivity index (χ1) is 8.18. The van der Waals surface area contributed by atoms with Crippen molar-refractivity contribution in [3.8, 4) is 0 Å². The van der Waals surface area contributed by atoms with E-state index in [0.29, 0.717) is 9.75 Å². The third-order valence-corrected chi connectivity index (χ3v) is 4.78. The lowest BCUT2D eigenvalue weighted by Gasteiger charge is -2.02. The molecule has 1 N–H and O–H groups in total. The summed E-state index contributed by atoms with van der Waals surface area (Å²) in [6.07, 6.45) is 0. The van der Waals surface area contributed by atoms with Crippen LogP contribution in [0.4, 0.5) is 0 Å². The molecule has 17 heavy (non-hydrogen) atoms. The molecule has 0 atom stereocenters. The van der Waals surface area contributed by atoms with Crippen molar-refractivity contribution >= 4 is 50.3 Å². The summed E-state index contributed by atoms with van der Waals surface area (Å²) in [6.45, 7) is 0.0314. The Labute approximate surface area is 115 Å². The van der Waals surface area contributed by atoms with Crippen molar-refractivity contribution in [2.24, 2.45) is 0 Å². The van der Waals surface area contributed by atoms with Crippen LogP contribution in [0.1, 0.15) is 19.3 Å². The van der Waals surface area contributed by atoms with Crippen LogP contribution in [-0.4, -0.2) is 18.2 Å². The van der Waals surface area contributed by atoms with Gasteiger partial charge in [-0.15, -0.1) is 22.7 Å². The number of ketones is 1. The highest BCUT2D eigenvalue weighted by Crippen LogP contribution is 2.22. The van der Waals surface area contributed by atoms with Gasteiger partial charge in [-0.05, 0) is 38.8 Å². The third kappa shape index (κ3) is 3.02. The van der Waals surface area contributed by atoms with Crippen LogP contribution in [0.5, 0.6) is 0 Å². The van der Waals surface area contributed by atoms with E-state index in [4.69, 9.17) is 0 Å². The van der Waals surface area contributed by atoms with Gasteiger partial charge in [0.2, 0.25) is 0 Å². The molecule has 88 valence electrons. The Kier molecular flexibility index (Phi) is 4.09. The van der Waals surface area contributed by atoms with Crippen LogP contribution in [0, 0.1) is 0 Å². The Morgan fingerprint density at radius 2 is 2.06 bits per heavy atom. The predicted octanol–water partition coefficient (Wildman–Crippen LogP) is 3.18. The summed E-state index contributed by atoms with van der Waals surface area (Å²) in [5.74, 6) is -0.294. The standard InChI is InChI=1S/C11H8BrNO2S2/c12-7-3-5-17-10(7)11(15)13-6-8(14)9-2-1-4-16-9/h1-5H,6H2,(H,13,15). The number of hydrogen-bond acceptors (Lipinski definition) is 4. The molecule has 0 spiro atoms. The zero-order valence-electron chi connectivity index (χ0n) is 8.60. The Morgan fingerprint density at radius 3 is 2.65 bits per heavy atom. The van der Waals surface area contributed by atoms with Gasteiger partial charge in [0.25, 0.3) is 5.91 Å². The molecule has 2 rings (SSSR count). The number of carbonyl (C=O) groups is 2. The van der Waals surface area contributed by atoms with Crippen molar-refractivity contribution in [1.82, 2.24) is 5.32 Å². The number of nitrogens with one attached hydrogen (secondary N) is 1. The van der Waals surface area contributed by atoms with Crippen molar-refractivity contribution in [2.45, 2.75) is 0 Å². The quantitative estimate of drug-likeness (QED) is 0.875. The second-order valence-corrected chi connectivity index (χ2v) is 5.90. The maximum Gasteiger partial charge on any atom is 0.262 e. The molecule has 2 heterocycles. The van der Waals surface area contributed by atoms with E-state index in [1.54, 1.807) is 12.1 Å². The smallest absolute Gasteiger partial charge is 0.262 e. The van der Waals surface area contributed by atoms with Gasteiger partial charge in [-0.1, -0.05) is 6.07 Å². The number of carbonyl (C=O) groups excluding carboxylic acids is 2. The topological polar surface area (TPSA) is 46.2 Å². The first-order valence-corrected chi connectivity index (χ1v) is 7.31. The lowest BCUT2D eigenvalue weighted by atomic mass is 10.3. The maximum absolute atomic E-state index is 11.7. The van der Waals surface area contributed by atoms with Crippen LogP contribution in [0.2, 0.25) is 0 Å². The molecule has 0 aliphatic heterocycles. The summed E-state index contributed by atoms with van der Waals surface area (Å²) in [6, 6.07) is 5.37. The molecule has 0 unspecified atom stereocenters. The van der Waals surface area contributed by atoms with Crippen molar-refractivity contribution in [3.05, 3.63) is 43.2 Å². The fraction of sp³-hybridized carbons (Fsp3) is 0.0909. The molecule has 0 bridgehead atoms. The fourth-order valence-electron chi connectivity index (χ4n) is 1.22. The number of amides is 1. The summed E-state index contributed by atoms with van der Waals surface area (Å²) in [7, 11) is 0. The lowest BCUT2D eigenvalue weighted by Crippen LogP contribution is -2.28. The van der Waals surface area contributed by atoms with E-state index in [2.05, 4.69) is 21.2 Å². The van der Waals surface area contributed by atoms with Gasteiger partial charge in [-0.25, -0.2) is 0 Å². The van der Waals surface area contributed by atoms with E-state index in [-0.39, 0.29) is 18.2 Å². The van der Waals surface area contributed by atoms with Crippen LogP contribution >= 0.6 is 38.6 Å². The molecule has 2 aromatic rings. The highest BCUT2D eigenvalue weighted by atomic mass is 79.9. The van der Waals surface area contributed by atoms with Crippen LogP contribution in [0.3, 0.4) is 0 Å². The fourth-order valence-corrected chi connectivity index (χ4v) is 3.35. The number of halogens is 1. The highest BCUT2D eigenvalue weighted by Gasteiger charge is 2.13. The van der Waals surface area contributed by atoms with Gasteiger partial charge in [-0.2, -0.15) is 0 Å². The van der Waals surface area contributed by atoms with Crippen LogP contribution < -0.4 is 5.32 Å². The molecule has 0 saturated heterocycles. The minimum absolute atomic E-state index is 0.0314. The first kappa shape index (κ1) is 12.5. The van der Waals surface area contributed by atoms with E-state index in [1.165, 1.54) is 22.7 Å². The van der Waals surface area contributed by atoms with Crippen molar-refractivity contribution in [1.29, 1.82) is 0 Å². The Morgan fingerprint density at radius 1 is 1.24 bits per heavy atom. The van der Waals surface area contributed by atoms with Crippen molar-refractivity contribution in [2.75, 3.05) is 6.54 Å². The molecule has 3 nitrogen and oxygen atoms in total. The molecule has 2 aromatic heterocycles. The molecule has 0 radical (unpaired) electrons. The van der Waals surface area contributed by atoms with E-state index in [9.17, 15) is 9.59 Å². The monoisotopic (exact) mass is 329 g/mol. The van der Waals surface area contributed by atoms with Gasteiger partial charge in [0.1, 0.15) is 4.88 Å². The van der Waals surface area contributed by atoms with E-state index in [1.807, 2.05) is 16.8 Å². The minimum atomic E-state index is -0.225. The van der Waals surface area contributed by atoms with Gasteiger partial charge in [0.05, 0.1) is 11.4 Å². The van der Waals surface area contributed by atoms with Crippen molar-refractivity contribution in [3.63, 3.8) is 0 Å². The highest BCUT2D eigenvalue weighted by molar-refractivity contribution is 9.10. The average Bonchev–Trinajstić information content (AvgIpc) is 2.95. The molecular weight excluding hydrogens is 322 g/mol. The van der Waals surface area contributed by atoms with Crippen LogP contribution in [0.25, 0.3) is 0 Å². The van der Waals surface area contributed by atoms with Gasteiger partial charge in [0, 0.05) is 4.47 Å². The Balaban J connectivity index is 1.93. The first-order valence-electron chi connectivity index (χ1n) is 4.76. The molecule has 6 heteroatoms. The Bertz CT molecular complexity index is 533. The molecular formula is C11H8BrNO2S2. The van der Waals surface area contributed by atoms with Gasteiger partial charge < -0.3 is 5.32 Å². The van der Waals surface area contributed by atoms with Crippen LogP contribution in [0.15, 0.2) is 33.4 Å². The van der Waals surface area contributed by atoms with Gasteiger partial charge in [-0.3, -0.25) is 9.59 Å². The number of rotatable bonds is 4. The number of hydrogen-bond donors (Lipinski definition) is 1. The molecule has 0 aliphatic rings. The summed E-state index contributed by atoms with van der Waals surface area (Å²) < 4.78 is 0.753. The zero-order valence-corrected chi connectivity index (χ0v) is 11.8. The summed E-state index contributed by atoms with van der Waals surface area (Å²) in [4.78, 5) is 24.6. The summed E-state index contributed by atoms with van der Waals surface area (Å²) in [5, 5.41) is 6.27.